The summed E-state index contributed by atoms with van der Waals surface area (Å²) >= 11 is 0. The smallest absolute Gasteiger partial charge is 0.332 e. The number of aromatic nitrogens is 4. The molecule has 0 aliphatic carbocycles. The second-order valence-electron chi connectivity index (χ2n) is 4.43. The molecule has 0 aliphatic heterocycles. The molecule has 0 saturated heterocycles. The van der Waals surface area contributed by atoms with Crippen molar-refractivity contribution in [2.45, 2.75) is 13.5 Å². The van der Waals surface area contributed by atoms with E-state index in [1.54, 1.807) is 7.05 Å². The van der Waals surface area contributed by atoms with Gasteiger partial charge in [0.1, 0.15) is 0 Å². The number of imidazole rings is 1. The normalized spacial score (nSPS) is 11.2. The minimum absolute atomic E-state index is 0.310. The molecule has 0 aromatic carbocycles. The molecule has 0 saturated carbocycles. The Morgan fingerprint density at radius 2 is 1.78 bits per heavy atom. The van der Waals surface area contributed by atoms with E-state index in [0.29, 0.717) is 23.7 Å². The SMILES string of the molecule is CCn1c(N(C)C)nc2c1c(=O)n(C)c(=O)n2C. The minimum atomic E-state index is -0.362. The zero-order valence-corrected chi connectivity index (χ0v) is 11.3. The van der Waals surface area contributed by atoms with E-state index in [1.807, 2.05) is 30.5 Å². The molecule has 0 amide bonds. The first-order valence-corrected chi connectivity index (χ1v) is 5.73. The lowest BCUT2D eigenvalue weighted by molar-refractivity contribution is 0.699. The van der Waals surface area contributed by atoms with Crippen LogP contribution < -0.4 is 16.1 Å². The van der Waals surface area contributed by atoms with Crippen LogP contribution in [0.5, 0.6) is 0 Å². The van der Waals surface area contributed by atoms with Gasteiger partial charge in [0.15, 0.2) is 11.2 Å². The monoisotopic (exact) mass is 251 g/mol. The summed E-state index contributed by atoms with van der Waals surface area (Å²) in [6.07, 6.45) is 0. The molecule has 98 valence electrons. The van der Waals surface area contributed by atoms with Crippen LogP contribution in [-0.2, 0) is 20.6 Å². The number of nitrogens with zero attached hydrogens (tertiary/aromatic N) is 5. The van der Waals surface area contributed by atoms with E-state index >= 15 is 0 Å². The summed E-state index contributed by atoms with van der Waals surface area (Å²) in [6.45, 7) is 2.57. The zero-order chi connectivity index (χ0) is 13.6. The van der Waals surface area contributed by atoms with Crippen LogP contribution in [0.1, 0.15) is 6.92 Å². The maximum Gasteiger partial charge on any atom is 0.332 e. The molecule has 18 heavy (non-hydrogen) atoms. The molecule has 2 heterocycles. The Balaban J connectivity index is 3.08. The van der Waals surface area contributed by atoms with Gasteiger partial charge in [-0.15, -0.1) is 0 Å². The molecule has 0 aliphatic rings. The molecule has 7 heteroatoms. The second kappa shape index (κ2) is 4.01. The Morgan fingerprint density at radius 3 is 2.28 bits per heavy atom. The molecule has 2 aromatic rings. The van der Waals surface area contributed by atoms with Gasteiger partial charge in [-0.1, -0.05) is 0 Å². The van der Waals surface area contributed by atoms with Crippen molar-refractivity contribution in [2.75, 3.05) is 19.0 Å². The van der Waals surface area contributed by atoms with Crippen LogP contribution in [0.2, 0.25) is 0 Å². The molecule has 0 atom stereocenters. The van der Waals surface area contributed by atoms with E-state index in [0.717, 1.165) is 4.57 Å². The van der Waals surface area contributed by atoms with Crippen molar-refractivity contribution >= 4 is 17.1 Å². The lowest BCUT2D eigenvalue weighted by Gasteiger charge is -2.12. The van der Waals surface area contributed by atoms with Gasteiger partial charge >= 0.3 is 5.69 Å². The van der Waals surface area contributed by atoms with E-state index in [-0.39, 0.29) is 11.2 Å². The van der Waals surface area contributed by atoms with Crippen molar-refractivity contribution in [3.05, 3.63) is 20.8 Å². The predicted molar refractivity (Wildman–Crippen MR) is 70.2 cm³/mol. The quantitative estimate of drug-likeness (QED) is 0.723. The predicted octanol–water partition coefficient (Wildman–Crippen LogP) is -0.480. The Labute approximate surface area is 104 Å². The molecular formula is C11H17N5O2. The summed E-state index contributed by atoms with van der Waals surface area (Å²) in [7, 11) is 6.81. The molecule has 0 radical (unpaired) electrons. The molecule has 2 rings (SSSR count). The number of hydrogen-bond acceptors (Lipinski definition) is 4. The van der Waals surface area contributed by atoms with Crippen molar-refractivity contribution in [1.29, 1.82) is 0 Å². The highest BCUT2D eigenvalue weighted by molar-refractivity contribution is 5.74. The van der Waals surface area contributed by atoms with Crippen LogP contribution in [0.3, 0.4) is 0 Å². The molecule has 0 bridgehead atoms. The number of fused-ring (bicyclic) bond motifs is 1. The number of hydrogen-bond donors (Lipinski definition) is 0. The Kier molecular flexibility index (Phi) is 2.76. The Hall–Kier alpha value is -2.05. The minimum Gasteiger partial charge on any atom is -0.348 e. The van der Waals surface area contributed by atoms with Crippen LogP contribution in [-0.4, -0.2) is 32.8 Å². The van der Waals surface area contributed by atoms with Gasteiger partial charge in [0.05, 0.1) is 0 Å². The van der Waals surface area contributed by atoms with Crippen LogP contribution in [0, 0.1) is 0 Å². The number of anilines is 1. The highest BCUT2D eigenvalue weighted by Gasteiger charge is 2.18. The van der Waals surface area contributed by atoms with Gasteiger partial charge in [-0.2, -0.15) is 4.98 Å². The van der Waals surface area contributed by atoms with Gasteiger partial charge in [-0.3, -0.25) is 13.9 Å². The Morgan fingerprint density at radius 1 is 1.17 bits per heavy atom. The first-order valence-electron chi connectivity index (χ1n) is 5.73. The standard InChI is InChI=1S/C11H17N5O2/c1-6-16-7-8(12-10(16)13(2)3)14(4)11(18)15(5)9(7)17/h6H2,1-5H3. The lowest BCUT2D eigenvalue weighted by atomic mass is 10.5. The van der Waals surface area contributed by atoms with Gasteiger partial charge in [0.25, 0.3) is 5.56 Å². The van der Waals surface area contributed by atoms with E-state index < -0.39 is 0 Å². The average molecular weight is 251 g/mol. The van der Waals surface area contributed by atoms with Crippen molar-refractivity contribution < 1.29 is 0 Å². The third-order valence-corrected chi connectivity index (χ3v) is 3.04. The summed E-state index contributed by atoms with van der Waals surface area (Å²) < 4.78 is 4.32. The summed E-state index contributed by atoms with van der Waals surface area (Å²) in [5, 5.41) is 0. The van der Waals surface area contributed by atoms with Crippen LogP contribution >= 0.6 is 0 Å². The lowest BCUT2D eigenvalue weighted by Crippen LogP contribution is -2.37. The van der Waals surface area contributed by atoms with E-state index in [9.17, 15) is 9.59 Å². The van der Waals surface area contributed by atoms with Crippen molar-refractivity contribution in [1.82, 2.24) is 18.7 Å². The third kappa shape index (κ3) is 1.47. The topological polar surface area (TPSA) is 65.1 Å². The van der Waals surface area contributed by atoms with Gasteiger partial charge in [0.2, 0.25) is 5.95 Å². The molecule has 2 aromatic heterocycles. The fraction of sp³-hybridized carbons (Fsp3) is 0.545. The molecule has 0 N–H and O–H groups in total. The Bertz CT molecular complexity index is 720. The second-order valence-corrected chi connectivity index (χ2v) is 4.43. The van der Waals surface area contributed by atoms with Crippen LogP contribution in [0.25, 0.3) is 11.2 Å². The maximum atomic E-state index is 12.2. The first kappa shape index (κ1) is 12.4. The fourth-order valence-electron chi connectivity index (χ4n) is 2.08. The van der Waals surface area contributed by atoms with Gasteiger partial charge in [-0.05, 0) is 6.92 Å². The molecule has 0 fully saturated rings. The van der Waals surface area contributed by atoms with Crippen molar-refractivity contribution in [3.8, 4) is 0 Å². The summed E-state index contributed by atoms with van der Waals surface area (Å²) in [5.41, 5.74) is 0.216. The summed E-state index contributed by atoms with van der Waals surface area (Å²) in [4.78, 5) is 30.2. The molecule has 0 unspecified atom stereocenters. The van der Waals surface area contributed by atoms with Gasteiger partial charge in [-0.25, -0.2) is 4.79 Å². The van der Waals surface area contributed by atoms with Crippen molar-refractivity contribution in [3.63, 3.8) is 0 Å². The highest BCUT2D eigenvalue weighted by Crippen LogP contribution is 2.16. The molecule has 7 nitrogen and oxygen atoms in total. The summed E-state index contributed by atoms with van der Waals surface area (Å²) in [5.74, 6) is 0.672. The average Bonchev–Trinajstić information content (AvgIpc) is 2.73. The van der Waals surface area contributed by atoms with Gasteiger partial charge in [0, 0.05) is 34.7 Å². The van der Waals surface area contributed by atoms with Crippen LogP contribution in [0.15, 0.2) is 9.59 Å². The fourth-order valence-corrected chi connectivity index (χ4v) is 2.08. The van der Waals surface area contributed by atoms with Crippen LogP contribution in [0.4, 0.5) is 5.95 Å². The van der Waals surface area contributed by atoms with Crippen molar-refractivity contribution in [2.24, 2.45) is 14.1 Å². The molecule has 0 spiro atoms. The maximum absolute atomic E-state index is 12.2. The largest absolute Gasteiger partial charge is 0.348 e. The first-order chi connectivity index (χ1) is 8.40. The molecular weight excluding hydrogens is 234 g/mol. The number of aryl methyl sites for hydroxylation is 2. The van der Waals surface area contributed by atoms with E-state index in [1.165, 1.54) is 11.6 Å². The van der Waals surface area contributed by atoms with E-state index in [2.05, 4.69) is 4.98 Å². The van der Waals surface area contributed by atoms with E-state index in [4.69, 9.17) is 0 Å². The zero-order valence-electron chi connectivity index (χ0n) is 11.3. The summed E-state index contributed by atoms with van der Waals surface area (Å²) in [6, 6.07) is 0. The van der Waals surface area contributed by atoms with Gasteiger partial charge < -0.3 is 9.47 Å². The highest BCUT2D eigenvalue weighted by atomic mass is 16.2. The third-order valence-electron chi connectivity index (χ3n) is 3.04. The number of rotatable bonds is 2.